The number of carbonyl (C=O) groups excluding carboxylic acids is 1. The van der Waals surface area contributed by atoms with Gasteiger partial charge in [0, 0.05) is 5.69 Å². The van der Waals surface area contributed by atoms with Gasteiger partial charge in [-0.25, -0.2) is 0 Å². The Morgan fingerprint density at radius 2 is 2.04 bits per heavy atom. The molecule has 0 aliphatic heterocycles. The lowest BCUT2D eigenvalue weighted by molar-refractivity contribution is -0.113. The summed E-state index contributed by atoms with van der Waals surface area (Å²) in [4.78, 5) is 30.7. The van der Waals surface area contributed by atoms with Crippen LogP contribution in [0.1, 0.15) is 25.8 Å². The lowest BCUT2D eigenvalue weighted by atomic mass is 10.0. The van der Waals surface area contributed by atoms with E-state index >= 15 is 0 Å². The highest BCUT2D eigenvalue weighted by Gasteiger charge is 2.13. The van der Waals surface area contributed by atoms with Crippen LogP contribution in [0, 0.1) is 5.92 Å². The molecular weight excluding hydrogens is 354 g/mol. The van der Waals surface area contributed by atoms with Crippen LogP contribution >= 0.6 is 11.8 Å². The van der Waals surface area contributed by atoms with Gasteiger partial charge in [-0.3, -0.25) is 9.59 Å². The number of nitrogens with one attached hydrogen (secondary N) is 2. The second-order valence-corrected chi connectivity index (χ2v) is 7.14. The van der Waals surface area contributed by atoms with Crippen LogP contribution < -0.4 is 15.6 Å². The number of anilines is 1. The number of hydrogen-bond acceptors (Lipinski definition) is 6. The van der Waals surface area contributed by atoms with Gasteiger partial charge in [-0.2, -0.15) is 4.98 Å². The second-order valence-electron chi connectivity index (χ2n) is 6.17. The number of ether oxygens (including phenoxy) is 1. The van der Waals surface area contributed by atoms with Crippen LogP contribution in [0.4, 0.5) is 5.69 Å². The van der Waals surface area contributed by atoms with E-state index in [-0.39, 0.29) is 33.8 Å². The maximum absolute atomic E-state index is 12.1. The molecule has 1 amide bonds. The standard InChI is InChI=1S/C18H23N3O4S/c1-11(2)4-9-14-16(23)20-18(21-17(14)24)26-10-15(22)19-12-5-7-13(25-3)8-6-12/h5-8,11H,4,9-10H2,1-3H3,(H,19,22)(H2,20,21,23,24). The Kier molecular flexibility index (Phi) is 7.08. The zero-order chi connectivity index (χ0) is 19.1. The highest BCUT2D eigenvalue weighted by molar-refractivity contribution is 7.99. The summed E-state index contributed by atoms with van der Waals surface area (Å²) < 4.78 is 5.06. The minimum absolute atomic E-state index is 0.0553. The first-order valence-electron chi connectivity index (χ1n) is 8.28. The SMILES string of the molecule is COc1ccc(NC(=O)CSc2nc(O)c(CCC(C)C)c(=O)[nH]2)cc1. The fraction of sp³-hybridized carbons (Fsp3) is 0.389. The average Bonchev–Trinajstić information content (AvgIpc) is 2.59. The number of rotatable bonds is 8. The van der Waals surface area contributed by atoms with E-state index in [4.69, 9.17) is 4.74 Å². The van der Waals surface area contributed by atoms with Crippen molar-refractivity contribution in [2.24, 2.45) is 5.92 Å². The van der Waals surface area contributed by atoms with Crippen molar-refractivity contribution in [3.8, 4) is 11.6 Å². The molecule has 1 aromatic heterocycles. The van der Waals surface area contributed by atoms with Gasteiger partial charge in [0.1, 0.15) is 5.75 Å². The van der Waals surface area contributed by atoms with Crippen molar-refractivity contribution in [1.82, 2.24) is 9.97 Å². The van der Waals surface area contributed by atoms with Crippen molar-refractivity contribution >= 4 is 23.4 Å². The Bertz CT molecular complexity index is 803. The molecule has 26 heavy (non-hydrogen) atoms. The monoisotopic (exact) mass is 377 g/mol. The molecule has 0 bridgehead atoms. The molecule has 1 aromatic carbocycles. The second kappa shape index (κ2) is 9.28. The summed E-state index contributed by atoms with van der Waals surface area (Å²) in [5.41, 5.74) is 0.562. The summed E-state index contributed by atoms with van der Waals surface area (Å²) in [5, 5.41) is 12.9. The number of aromatic nitrogens is 2. The van der Waals surface area contributed by atoms with Gasteiger partial charge in [-0.05, 0) is 43.0 Å². The van der Waals surface area contributed by atoms with E-state index in [1.54, 1.807) is 31.4 Å². The summed E-state index contributed by atoms with van der Waals surface area (Å²) in [6.45, 7) is 4.09. The lowest BCUT2D eigenvalue weighted by Crippen LogP contribution is -2.17. The van der Waals surface area contributed by atoms with Gasteiger partial charge in [0.15, 0.2) is 5.16 Å². The van der Waals surface area contributed by atoms with Crippen LogP contribution in [0.25, 0.3) is 0 Å². The quantitative estimate of drug-likeness (QED) is 0.483. The van der Waals surface area contributed by atoms with Gasteiger partial charge in [-0.15, -0.1) is 0 Å². The van der Waals surface area contributed by atoms with Crippen molar-refractivity contribution in [2.45, 2.75) is 31.8 Å². The van der Waals surface area contributed by atoms with Crippen molar-refractivity contribution in [3.63, 3.8) is 0 Å². The third-order valence-corrected chi connectivity index (χ3v) is 4.53. The molecule has 8 heteroatoms. The smallest absolute Gasteiger partial charge is 0.258 e. The van der Waals surface area contributed by atoms with Crippen LogP contribution in [0.15, 0.2) is 34.2 Å². The Morgan fingerprint density at radius 1 is 1.35 bits per heavy atom. The molecule has 0 spiro atoms. The summed E-state index contributed by atoms with van der Waals surface area (Å²) in [7, 11) is 1.57. The first kappa shape index (κ1) is 19.8. The van der Waals surface area contributed by atoms with Crippen molar-refractivity contribution in [2.75, 3.05) is 18.2 Å². The number of benzene rings is 1. The number of carbonyl (C=O) groups is 1. The Morgan fingerprint density at radius 3 is 2.62 bits per heavy atom. The predicted molar refractivity (Wildman–Crippen MR) is 102 cm³/mol. The van der Waals surface area contributed by atoms with Crippen molar-refractivity contribution in [3.05, 3.63) is 40.2 Å². The molecular formula is C18H23N3O4S. The van der Waals surface area contributed by atoms with Gasteiger partial charge in [0.05, 0.1) is 18.4 Å². The van der Waals surface area contributed by atoms with Crippen molar-refractivity contribution < 1.29 is 14.6 Å². The molecule has 1 heterocycles. The zero-order valence-corrected chi connectivity index (χ0v) is 15.9. The van der Waals surface area contributed by atoms with Crippen molar-refractivity contribution in [1.29, 1.82) is 0 Å². The molecule has 0 atom stereocenters. The molecule has 0 saturated heterocycles. The number of methoxy groups -OCH3 is 1. The van der Waals surface area contributed by atoms with Gasteiger partial charge in [-0.1, -0.05) is 25.6 Å². The molecule has 2 aromatic rings. The molecule has 0 unspecified atom stereocenters. The molecule has 0 radical (unpaired) electrons. The lowest BCUT2D eigenvalue weighted by Gasteiger charge is -2.08. The summed E-state index contributed by atoms with van der Waals surface area (Å²) in [5.74, 6) is 0.662. The number of amides is 1. The van der Waals surface area contributed by atoms with E-state index in [0.717, 1.165) is 18.2 Å². The van der Waals surface area contributed by atoms with Gasteiger partial charge in [0.25, 0.3) is 5.56 Å². The van der Waals surface area contributed by atoms with Crippen LogP contribution in [-0.2, 0) is 11.2 Å². The minimum atomic E-state index is -0.365. The fourth-order valence-corrected chi connectivity index (χ4v) is 2.85. The number of H-pyrrole nitrogens is 1. The summed E-state index contributed by atoms with van der Waals surface area (Å²) in [6.07, 6.45) is 1.25. The Balaban J connectivity index is 1.93. The number of aromatic hydroxyl groups is 1. The highest BCUT2D eigenvalue weighted by Crippen LogP contribution is 2.19. The fourth-order valence-electron chi connectivity index (χ4n) is 2.20. The summed E-state index contributed by atoms with van der Waals surface area (Å²) in [6, 6.07) is 6.96. The van der Waals surface area contributed by atoms with E-state index in [1.165, 1.54) is 0 Å². The van der Waals surface area contributed by atoms with E-state index in [1.807, 2.05) is 13.8 Å². The van der Waals surface area contributed by atoms with E-state index in [0.29, 0.717) is 23.8 Å². The number of nitrogens with zero attached hydrogens (tertiary/aromatic N) is 1. The topological polar surface area (TPSA) is 104 Å². The first-order chi connectivity index (χ1) is 12.4. The van der Waals surface area contributed by atoms with Gasteiger partial charge in [0.2, 0.25) is 11.8 Å². The average molecular weight is 377 g/mol. The minimum Gasteiger partial charge on any atom is -0.497 e. The number of thioether (sulfide) groups is 1. The Hall–Kier alpha value is -2.48. The molecule has 2 rings (SSSR count). The maximum atomic E-state index is 12.1. The largest absolute Gasteiger partial charge is 0.497 e. The molecule has 0 fully saturated rings. The van der Waals surface area contributed by atoms with Crippen LogP contribution in [0.5, 0.6) is 11.6 Å². The Labute approximate surface area is 156 Å². The van der Waals surface area contributed by atoms with Gasteiger partial charge < -0.3 is 20.1 Å². The molecule has 3 N–H and O–H groups in total. The predicted octanol–water partition coefficient (Wildman–Crippen LogP) is 2.80. The summed E-state index contributed by atoms with van der Waals surface area (Å²) >= 11 is 1.05. The van der Waals surface area contributed by atoms with Crippen LogP contribution in [-0.4, -0.2) is 33.8 Å². The van der Waals surface area contributed by atoms with E-state index < -0.39 is 0 Å². The maximum Gasteiger partial charge on any atom is 0.258 e. The number of hydrogen-bond donors (Lipinski definition) is 3. The molecule has 140 valence electrons. The molecule has 7 nitrogen and oxygen atoms in total. The van der Waals surface area contributed by atoms with Gasteiger partial charge >= 0.3 is 0 Å². The van der Waals surface area contributed by atoms with Crippen LogP contribution in [0.2, 0.25) is 0 Å². The van der Waals surface area contributed by atoms with Crippen LogP contribution in [0.3, 0.4) is 0 Å². The number of aromatic amines is 1. The molecule has 0 aliphatic rings. The molecule has 0 saturated carbocycles. The third-order valence-electron chi connectivity index (χ3n) is 3.66. The van der Waals surface area contributed by atoms with E-state index in [2.05, 4.69) is 15.3 Å². The molecule has 0 aliphatic carbocycles. The third kappa shape index (κ3) is 5.80. The zero-order valence-electron chi connectivity index (χ0n) is 15.0. The highest BCUT2D eigenvalue weighted by atomic mass is 32.2. The van der Waals surface area contributed by atoms with E-state index in [9.17, 15) is 14.7 Å². The normalized spacial score (nSPS) is 10.8. The first-order valence-corrected chi connectivity index (χ1v) is 9.26.